The minimum absolute atomic E-state index is 0.0291. The summed E-state index contributed by atoms with van der Waals surface area (Å²) in [5.41, 5.74) is 2.45. The maximum Gasteiger partial charge on any atom is 0.321 e. The van der Waals surface area contributed by atoms with Gasteiger partial charge in [0.1, 0.15) is 13.7 Å². The molecule has 0 unspecified atom stereocenters. The molecule has 0 aliphatic carbocycles. The lowest BCUT2D eigenvalue weighted by atomic mass is 9.99. The van der Waals surface area contributed by atoms with E-state index in [1.807, 2.05) is 37.0 Å². The average Bonchev–Trinajstić information content (AvgIpc) is 3.25. The van der Waals surface area contributed by atoms with E-state index in [4.69, 9.17) is 0 Å². The van der Waals surface area contributed by atoms with Gasteiger partial charge in [0.05, 0.1) is 0 Å². The lowest BCUT2D eigenvalue weighted by molar-refractivity contribution is -0.118. The molecule has 2 heterocycles. The Bertz CT molecular complexity index is 887. The maximum atomic E-state index is 12.3. The molecule has 1 aromatic carbocycles. The average molecular weight is 409 g/mol. The van der Waals surface area contributed by atoms with Gasteiger partial charge in [-0.3, -0.25) is 4.79 Å². The smallest absolute Gasteiger partial charge is 0.321 e. The predicted molar refractivity (Wildman–Crippen MR) is 122 cm³/mol. The van der Waals surface area contributed by atoms with Crippen molar-refractivity contribution in [2.75, 3.05) is 42.1 Å². The zero-order valence-corrected chi connectivity index (χ0v) is 17.5. The molecule has 1 fully saturated rings. The Morgan fingerprint density at radius 3 is 2.70 bits per heavy atom. The molecular weight excluding hydrogens is 381 g/mol. The van der Waals surface area contributed by atoms with Gasteiger partial charge < -0.3 is 26.2 Å². The third kappa shape index (κ3) is 6.36. The summed E-state index contributed by atoms with van der Waals surface area (Å²) in [6, 6.07) is 7.42. The fourth-order valence-electron chi connectivity index (χ4n) is 3.17. The van der Waals surface area contributed by atoms with Crippen LogP contribution >= 0.6 is 0 Å². The molecule has 158 valence electrons. The van der Waals surface area contributed by atoms with Crippen LogP contribution in [0.4, 0.5) is 27.9 Å². The van der Waals surface area contributed by atoms with Crippen LogP contribution in [0.15, 0.2) is 30.5 Å². The Hall–Kier alpha value is -3.30. The molecule has 2 aromatic rings. The van der Waals surface area contributed by atoms with Crippen molar-refractivity contribution in [2.24, 2.45) is 0 Å². The largest absolute Gasteiger partial charge is 0.370 e. The number of carbonyl (C=O) groups is 2. The van der Waals surface area contributed by atoms with E-state index in [0.717, 1.165) is 55.0 Å². The van der Waals surface area contributed by atoms with Crippen molar-refractivity contribution in [2.45, 2.75) is 26.2 Å². The number of hydrogen-bond acceptors (Lipinski definition) is 6. The number of rotatable bonds is 8. The van der Waals surface area contributed by atoms with E-state index in [0.29, 0.717) is 19.0 Å². The number of hydrogen-bond donors (Lipinski definition) is 4. The molecule has 3 rings (SSSR count). The van der Waals surface area contributed by atoms with Gasteiger partial charge in [-0.15, -0.1) is 0 Å². The monoisotopic (exact) mass is 409 g/mol. The number of carbonyl (C=O) groups excluding carboxylic acids is 2. The van der Waals surface area contributed by atoms with Crippen LogP contribution in [-0.4, -0.2) is 60.8 Å². The molecule has 0 bridgehead atoms. The number of urea groups is 1. The van der Waals surface area contributed by atoms with Crippen molar-refractivity contribution in [3.05, 3.63) is 30.5 Å². The van der Waals surface area contributed by atoms with Gasteiger partial charge in [-0.25, -0.2) is 9.78 Å². The number of likely N-dealkylation sites (tertiary alicyclic amines) is 1. The van der Waals surface area contributed by atoms with Gasteiger partial charge in [0, 0.05) is 50.7 Å². The minimum atomic E-state index is -0.0676. The van der Waals surface area contributed by atoms with Crippen LogP contribution < -0.4 is 26.7 Å². The van der Waals surface area contributed by atoms with E-state index in [9.17, 15) is 9.59 Å². The second-order valence-corrected chi connectivity index (χ2v) is 7.32. The van der Waals surface area contributed by atoms with Gasteiger partial charge >= 0.3 is 6.03 Å². The summed E-state index contributed by atoms with van der Waals surface area (Å²) in [6.07, 6.45) is 4.67. The zero-order valence-electron chi connectivity index (χ0n) is 17.5. The highest BCUT2D eigenvalue weighted by molar-refractivity contribution is 6.35. The highest BCUT2D eigenvalue weighted by Crippen LogP contribution is 2.19. The maximum absolute atomic E-state index is 12.3. The first-order chi connectivity index (χ1) is 14.5. The fraction of sp³-hybridized carbons (Fsp3) is 0.400. The van der Waals surface area contributed by atoms with E-state index in [2.05, 4.69) is 31.2 Å². The van der Waals surface area contributed by atoms with Crippen molar-refractivity contribution < 1.29 is 9.59 Å². The molecule has 0 saturated carbocycles. The molecule has 3 amide bonds. The highest BCUT2D eigenvalue weighted by Gasteiger charge is 2.17. The first-order valence-corrected chi connectivity index (χ1v) is 10.3. The molecule has 10 heteroatoms. The Kier molecular flexibility index (Phi) is 7.48. The van der Waals surface area contributed by atoms with Crippen LogP contribution in [0.1, 0.15) is 26.2 Å². The van der Waals surface area contributed by atoms with Crippen molar-refractivity contribution in [1.29, 1.82) is 0 Å². The number of nitrogens with one attached hydrogen (secondary N) is 4. The Morgan fingerprint density at radius 2 is 1.93 bits per heavy atom. The van der Waals surface area contributed by atoms with E-state index in [1.54, 1.807) is 6.20 Å². The van der Waals surface area contributed by atoms with Crippen LogP contribution in [0.5, 0.6) is 0 Å². The summed E-state index contributed by atoms with van der Waals surface area (Å²) in [5.74, 6) is 1.18. The summed E-state index contributed by atoms with van der Waals surface area (Å²) in [6.45, 7) is 4.43. The summed E-state index contributed by atoms with van der Waals surface area (Å²) in [4.78, 5) is 33.9. The Balaban J connectivity index is 1.57. The third-order valence-corrected chi connectivity index (χ3v) is 4.75. The Labute approximate surface area is 177 Å². The zero-order chi connectivity index (χ0) is 21.3. The van der Waals surface area contributed by atoms with E-state index in [-0.39, 0.29) is 11.9 Å². The Morgan fingerprint density at radius 1 is 1.17 bits per heavy atom. The molecule has 1 aromatic heterocycles. The molecular formula is C20H28BN7O2. The number of aromatic nitrogens is 2. The van der Waals surface area contributed by atoms with Gasteiger partial charge in [-0.2, -0.15) is 4.98 Å². The molecule has 9 nitrogen and oxygen atoms in total. The lowest BCUT2D eigenvalue weighted by Crippen LogP contribution is -2.32. The van der Waals surface area contributed by atoms with E-state index >= 15 is 0 Å². The van der Waals surface area contributed by atoms with Gasteiger partial charge in [-0.05, 0) is 42.9 Å². The van der Waals surface area contributed by atoms with Gasteiger partial charge in [0.2, 0.25) is 11.9 Å². The second kappa shape index (κ2) is 10.5. The lowest BCUT2D eigenvalue weighted by Gasteiger charge is -2.16. The normalized spacial score (nSPS) is 13.0. The highest BCUT2D eigenvalue weighted by atomic mass is 16.2. The molecule has 1 saturated heterocycles. The number of nitrogens with zero attached hydrogens (tertiary/aromatic N) is 3. The van der Waals surface area contributed by atoms with Gasteiger partial charge in [-0.1, -0.05) is 6.07 Å². The summed E-state index contributed by atoms with van der Waals surface area (Å²) in [7, 11) is 1.94. The quantitative estimate of drug-likeness (QED) is 0.383. The van der Waals surface area contributed by atoms with Crippen LogP contribution in [0.2, 0.25) is 0 Å². The van der Waals surface area contributed by atoms with Crippen molar-refractivity contribution in [1.82, 2.24) is 20.2 Å². The standard InChI is InChI=1S/C20H28BN7O2/c1-14(29)22-8-5-9-23-18-17(21)13-24-19(27-18)25-15-6-4-7-16(12-15)26-20(30)28-10-2-3-11-28/h4,6-7,12-13H,2-3,5,8-11,21H2,1H3,(H,22,29)(H,26,30)(H2,23,24,25,27). The van der Waals surface area contributed by atoms with Gasteiger partial charge in [0.25, 0.3) is 0 Å². The first kappa shape index (κ1) is 21.4. The summed E-state index contributed by atoms with van der Waals surface area (Å²) >= 11 is 0. The summed E-state index contributed by atoms with van der Waals surface area (Å²) in [5, 5.41) is 12.2. The molecule has 1 aliphatic heterocycles. The van der Waals surface area contributed by atoms with Gasteiger partial charge in [0.15, 0.2) is 0 Å². The van der Waals surface area contributed by atoms with Crippen LogP contribution in [0, 0.1) is 0 Å². The minimum Gasteiger partial charge on any atom is -0.370 e. The SMILES string of the molecule is Bc1cnc(Nc2cccc(NC(=O)N3CCCC3)c2)nc1NCCCNC(C)=O. The van der Waals surface area contributed by atoms with E-state index < -0.39 is 0 Å². The molecule has 30 heavy (non-hydrogen) atoms. The third-order valence-electron chi connectivity index (χ3n) is 4.75. The first-order valence-electron chi connectivity index (χ1n) is 10.3. The van der Waals surface area contributed by atoms with Crippen molar-refractivity contribution >= 4 is 48.4 Å². The van der Waals surface area contributed by atoms with E-state index in [1.165, 1.54) is 6.92 Å². The van der Waals surface area contributed by atoms with Crippen LogP contribution in [0.3, 0.4) is 0 Å². The molecule has 0 atom stereocenters. The van der Waals surface area contributed by atoms with Crippen molar-refractivity contribution in [3.63, 3.8) is 0 Å². The molecule has 4 N–H and O–H groups in total. The number of amides is 3. The number of anilines is 4. The van der Waals surface area contributed by atoms with Crippen LogP contribution in [0.25, 0.3) is 0 Å². The molecule has 0 spiro atoms. The topological polar surface area (TPSA) is 111 Å². The van der Waals surface area contributed by atoms with Crippen LogP contribution in [-0.2, 0) is 4.79 Å². The molecule has 0 radical (unpaired) electrons. The molecule has 1 aliphatic rings. The second-order valence-electron chi connectivity index (χ2n) is 7.32. The predicted octanol–water partition coefficient (Wildman–Crippen LogP) is 1.04. The fourth-order valence-corrected chi connectivity index (χ4v) is 3.17. The summed E-state index contributed by atoms with van der Waals surface area (Å²) < 4.78 is 0. The number of benzene rings is 1. The van der Waals surface area contributed by atoms with Crippen molar-refractivity contribution in [3.8, 4) is 0 Å².